The lowest BCUT2D eigenvalue weighted by atomic mass is 10.2. The summed E-state index contributed by atoms with van der Waals surface area (Å²) in [5.41, 5.74) is 6.03. The van der Waals surface area contributed by atoms with Gasteiger partial charge in [-0.2, -0.15) is 0 Å². The molecule has 0 spiro atoms. The Hall–Kier alpha value is -3.60. The van der Waals surface area contributed by atoms with Crippen molar-refractivity contribution in [2.45, 2.75) is 6.61 Å². The van der Waals surface area contributed by atoms with Crippen LogP contribution in [0.25, 0.3) is 11.0 Å². The summed E-state index contributed by atoms with van der Waals surface area (Å²) in [6.45, 7) is 0.402. The Bertz CT molecular complexity index is 1040. The standard InChI is InChI=1S/C21H17N3O2/c25-21(23-24-15-22-18-11-5-6-12-19(18)24)17-10-4-7-13-20(17)26-14-16-8-2-1-3-9-16/h1-13,15H,14H2,(H,23,25). The maximum atomic E-state index is 12.7. The highest BCUT2D eigenvalue weighted by molar-refractivity contribution is 6.02. The Kier molecular flexibility index (Phi) is 4.35. The van der Waals surface area contributed by atoms with Crippen molar-refractivity contribution in [3.63, 3.8) is 0 Å². The second kappa shape index (κ2) is 7.11. The van der Waals surface area contributed by atoms with Crippen LogP contribution in [0.3, 0.4) is 0 Å². The predicted octanol–water partition coefficient (Wildman–Crippen LogP) is 4.00. The summed E-state index contributed by atoms with van der Waals surface area (Å²) in [5, 5.41) is 0. The van der Waals surface area contributed by atoms with Gasteiger partial charge in [0.05, 0.1) is 16.6 Å². The zero-order valence-corrected chi connectivity index (χ0v) is 14.0. The number of aromatic nitrogens is 2. The van der Waals surface area contributed by atoms with Crippen molar-refractivity contribution in [1.29, 1.82) is 0 Å². The molecule has 128 valence electrons. The van der Waals surface area contributed by atoms with E-state index in [1.165, 1.54) is 0 Å². The molecule has 3 aromatic carbocycles. The van der Waals surface area contributed by atoms with E-state index in [-0.39, 0.29) is 5.91 Å². The van der Waals surface area contributed by atoms with Gasteiger partial charge in [0, 0.05) is 0 Å². The largest absolute Gasteiger partial charge is 0.488 e. The minimum absolute atomic E-state index is 0.253. The van der Waals surface area contributed by atoms with Gasteiger partial charge >= 0.3 is 0 Å². The number of carbonyl (C=O) groups excluding carboxylic acids is 1. The molecule has 5 nitrogen and oxygen atoms in total. The van der Waals surface area contributed by atoms with E-state index in [1.54, 1.807) is 23.1 Å². The molecule has 0 radical (unpaired) electrons. The van der Waals surface area contributed by atoms with Crippen molar-refractivity contribution in [3.8, 4) is 5.75 Å². The van der Waals surface area contributed by atoms with Crippen LogP contribution in [0.2, 0.25) is 0 Å². The molecule has 1 amide bonds. The molecule has 0 saturated carbocycles. The summed E-state index contributed by atoms with van der Waals surface area (Å²) in [7, 11) is 0. The Morgan fingerprint density at radius 1 is 0.923 bits per heavy atom. The third-order valence-electron chi connectivity index (χ3n) is 4.04. The molecule has 1 heterocycles. The summed E-state index contributed by atoms with van der Waals surface area (Å²) >= 11 is 0. The molecule has 4 rings (SSSR count). The van der Waals surface area contributed by atoms with Crippen molar-refractivity contribution in [2.24, 2.45) is 0 Å². The van der Waals surface area contributed by atoms with Gasteiger partial charge in [0.2, 0.25) is 0 Å². The maximum Gasteiger partial charge on any atom is 0.273 e. The van der Waals surface area contributed by atoms with Crippen molar-refractivity contribution < 1.29 is 9.53 Å². The lowest BCUT2D eigenvalue weighted by Gasteiger charge is -2.12. The molecule has 0 aliphatic rings. The quantitative estimate of drug-likeness (QED) is 0.596. The normalized spacial score (nSPS) is 10.6. The Balaban J connectivity index is 1.54. The monoisotopic (exact) mass is 343 g/mol. The Labute approximate surface area is 150 Å². The molecular formula is C21H17N3O2. The van der Waals surface area contributed by atoms with Gasteiger partial charge < -0.3 is 4.74 Å². The SMILES string of the molecule is O=C(Nn1cnc2ccccc21)c1ccccc1OCc1ccccc1. The maximum absolute atomic E-state index is 12.7. The molecule has 0 fully saturated rings. The van der Waals surface area contributed by atoms with Crippen molar-refractivity contribution >= 4 is 16.9 Å². The minimum atomic E-state index is -0.253. The number of hydrogen-bond donors (Lipinski definition) is 1. The third kappa shape index (κ3) is 3.28. The van der Waals surface area contributed by atoms with Gasteiger partial charge in [0.1, 0.15) is 18.7 Å². The van der Waals surface area contributed by atoms with E-state index in [2.05, 4.69) is 10.4 Å². The summed E-state index contributed by atoms with van der Waals surface area (Å²) in [6, 6.07) is 24.7. The van der Waals surface area contributed by atoms with Gasteiger partial charge in [-0.25, -0.2) is 9.66 Å². The van der Waals surface area contributed by atoms with Crippen molar-refractivity contribution in [2.75, 3.05) is 5.43 Å². The zero-order valence-electron chi connectivity index (χ0n) is 14.0. The number of para-hydroxylation sites is 3. The highest BCUT2D eigenvalue weighted by atomic mass is 16.5. The molecule has 1 aromatic heterocycles. The average Bonchev–Trinajstić information content (AvgIpc) is 3.10. The van der Waals surface area contributed by atoms with Crippen LogP contribution < -0.4 is 10.2 Å². The van der Waals surface area contributed by atoms with E-state index in [1.807, 2.05) is 66.7 Å². The predicted molar refractivity (Wildman–Crippen MR) is 101 cm³/mol. The molecule has 26 heavy (non-hydrogen) atoms. The van der Waals surface area contributed by atoms with Crippen LogP contribution in [0.1, 0.15) is 15.9 Å². The number of benzene rings is 3. The highest BCUT2D eigenvalue weighted by Gasteiger charge is 2.13. The topological polar surface area (TPSA) is 56.2 Å². The number of nitrogens with zero attached hydrogens (tertiary/aromatic N) is 2. The number of carbonyl (C=O) groups is 1. The minimum Gasteiger partial charge on any atom is -0.488 e. The van der Waals surface area contributed by atoms with E-state index in [4.69, 9.17) is 4.74 Å². The number of imidazole rings is 1. The number of rotatable bonds is 5. The van der Waals surface area contributed by atoms with E-state index in [0.717, 1.165) is 16.6 Å². The van der Waals surface area contributed by atoms with E-state index < -0.39 is 0 Å². The summed E-state index contributed by atoms with van der Waals surface area (Å²) in [6.07, 6.45) is 1.59. The molecule has 0 bridgehead atoms. The van der Waals surface area contributed by atoms with Crippen molar-refractivity contribution in [1.82, 2.24) is 9.66 Å². The molecule has 5 heteroatoms. The van der Waals surface area contributed by atoms with Gasteiger partial charge in [-0.05, 0) is 29.8 Å². The van der Waals surface area contributed by atoms with Gasteiger partial charge in [0.25, 0.3) is 5.91 Å². The van der Waals surface area contributed by atoms with Crippen LogP contribution in [-0.4, -0.2) is 15.6 Å². The van der Waals surface area contributed by atoms with Crippen LogP contribution in [0.5, 0.6) is 5.75 Å². The molecule has 0 aliphatic heterocycles. The lowest BCUT2D eigenvalue weighted by Crippen LogP contribution is -2.22. The number of ether oxygens (including phenoxy) is 1. The average molecular weight is 343 g/mol. The van der Waals surface area contributed by atoms with Crippen LogP contribution in [0.4, 0.5) is 0 Å². The first kappa shape index (κ1) is 15.9. The van der Waals surface area contributed by atoms with Crippen LogP contribution in [0.15, 0.2) is 85.2 Å². The summed E-state index contributed by atoms with van der Waals surface area (Å²) in [5.74, 6) is 0.287. The first-order valence-electron chi connectivity index (χ1n) is 8.30. The molecule has 4 aromatic rings. The second-order valence-corrected chi connectivity index (χ2v) is 5.81. The van der Waals surface area contributed by atoms with Crippen LogP contribution >= 0.6 is 0 Å². The molecule has 1 N–H and O–H groups in total. The van der Waals surface area contributed by atoms with Gasteiger partial charge in [-0.15, -0.1) is 0 Å². The molecule has 0 atom stereocenters. The van der Waals surface area contributed by atoms with E-state index >= 15 is 0 Å². The molecule has 0 aliphatic carbocycles. The third-order valence-corrected chi connectivity index (χ3v) is 4.04. The first-order chi connectivity index (χ1) is 12.8. The molecule has 0 saturated heterocycles. The fraction of sp³-hybridized carbons (Fsp3) is 0.0476. The fourth-order valence-electron chi connectivity index (χ4n) is 2.73. The number of hydrogen-bond acceptors (Lipinski definition) is 3. The second-order valence-electron chi connectivity index (χ2n) is 5.81. The number of fused-ring (bicyclic) bond motifs is 1. The zero-order chi connectivity index (χ0) is 17.8. The van der Waals surface area contributed by atoms with Gasteiger partial charge in [-0.1, -0.05) is 54.6 Å². The number of nitrogens with one attached hydrogen (secondary N) is 1. The van der Waals surface area contributed by atoms with E-state index in [9.17, 15) is 4.79 Å². The fourth-order valence-corrected chi connectivity index (χ4v) is 2.73. The Morgan fingerprint density at radius 2 is 1.65 bits per heavy atom. The first-order valence-corrected chi connectivity index (χ1v) is 8.30. The van der Waals surface area contributed by atoms with Gasteiger partial charge in [-0.3, -0.25) is 10.2 Å². The smallest absolute Gasteiger partial charge is 0.273 e. The van der Waals surface area contributed by atoms with Crippen LogP contribution in [-0.2, 0) is 6.61 Å². The van der Waals surface area contributed by atoms with Gasteiger partial charge in [0.15, 0.2) is 0 Å². The molecule has 0 unspecified atom stereocenters. The van der Waals surface area contributed by atoms with E-state index in [0.29, 0.717) is 17.9 Å². The van der Waals surface area contributed by atoms with Crippen molar-refractivity contribution in [3.05, 3.63) is 96.3 Å². The summed E-state index contributed by atoms with van der Waals surface area (Å²) < 4.78 is 7.48. The highest BCUT2D eigenvalue weighted by Crippen LogP contribution is 2.20. The Morgan fingerprint density at radius 3 is 2.54 bits per heavy atom. The number of amides is 1. The molecular weight excluding hydrogens is 326 g/mol. The van der Waals surface area contributed by atoms with Crippen LogP contribution in [0, 0.1) is 0 Å². The summed E-state index contributed by atoms with van der Waals surface area (Å²) in [4.78, 5) is 17.0. The lowest BCUT2D eigenvalue weighted by molar-refractivity contribution is 0.100.